The molecule has 3 N–H and O–H groups in total. The van der Waals surface area contributed by atoms with E-state index >= 15 is 0 Å². The molecular weight excluding hydrogens is 535 g/mol. The molecule has 6 unspecified atom stereocenters. The molecule has 1 aromatic rings. The van der Waals surface area contributed by atoms with Gasteiger partial charge in [0.05, 0.1) is 34.4 Å². The lowest BCUT2D eigenvalue weighted by molar-refractivity contribution is -0.174. The molecule has 1 aromatic carbocycles. The first-order valence-corrected chi connectivity index (χ1v) is 11.1. The normalized spacial score (nSPS) is 33.8. The SMILES string of the molecule is COc1cc(C2C3=CCC4C(=O)N(O)C(=O)C4C3CC3C(=O)N(O)C(=O)C32)cc(I)c1O. The third-order valence-electron chi connectivity index (χ3n) is 7.23. The second-order valence-corrected chi connectivity index (χ2v) is 9.72. The number of phenols is 1. The number of aromatic hydroxyl groups is 1. The number of halogens is 1. The van der Waals surface area contributed by atoms with Gasteiger partial charge in [-0.1, -0.05) is 11.6 Å². The Morgan fingerprint density at radius 1 is 0.938 bits per heavy atom. The van der Waals surface area contributed by atoms with E-state index in [0.717, 1.165) is 0 Å². The second-order valence-electron chi connectivity index (χ2n) is 8.55. The largest absolute Gasteiger partial charge is 0.504 e. The number of ether oxygens (including phenoxy) is 1. The molecule has 0 aromatic heterocycles. The van der Waals surface area contributed by atoms with Crippen LogP contribution in [0.15, 0.2) is 23.8 Å². The number of allylic oxidation sites excluding steroid dienone is 2. The maximum Gasteiger partial charge on any atom is 0.258 e. The lowest BCUT2D eigenvalue weighted by Gasteiger charge is -2.43. The van der Waals surface area contributed by atoms with Crippen molar-refractivity contribution in [1.29, 1.82) is 0 Å². The van der Waals surface area contributed by atoms with Gasteiger partial charge in [-0.3, -0.25) is 29.6 Å². The highest BCUT2D eigenvalue weighted by Crippen LogP contribution is 2.58. The predicted octanol–water partition coefficient (Wildman–Crippen LogP) is 1.42. The Bertz CT molecular complexity index is 1120. The van der Waals surface area contributed by atoms with E-state index in [9.17, 15) is 34.7 Å². The third-order valence-corrected chi connectivity index (χ3v) is 8.05. The van der Waals surface area contributed by atoms with Crippen LogP contribution >= 0.6 is 22.6 Å². The Labute approximate surface area is 195 Å². The molecule has 4 amide bonds. The maximum absolute atomic E-state index is 12.9. The monoisotopic (exact) mass is 554 g/mol. The van der Waals surface area contributed by atoms with E-state index in [1.54, 1.807) is 18.2 Å². The first kappa shape index (κ1) is 21.3. The lowest BCUT2D eigenvalue weighted by Crippen LogP contribution is -2.43. The minimum atomic E-state index is -0.894. The Kier molecular flexibility index (Phi) is 4.84. The van der Waals surface area contributed by atoms with Gasteiger partial charge in [0, 0.05) is 5.92 Å². The van der Waals surface area contributed by atoms with E-state index in [2.05, 4.69) is 0 Å². The Morgan fingerprint density at radius 3 is 2.22 bits per heavy atom. The van der Waals surface area contributed by atoms with Crippen LogP contribution in [0.5, 0.6) is 11.5 Å². The number of methoxy groups -OCH3 is 1. The van der Waals surface area contributed by atoms with Gasteiger partial charge in [0.25, 0.3) is 23.6 Å². The second kappa shape index (κ2) is 7.25. The molecule has 2 aliphatic heterocycles. The van der Waals surface area contributed by atoms with Gasteiger partial charge in [-0.25, -0.2) is 0 Å². The summed E-state index contributed by atoms with van der Waals surface area (Å²) in [5.74, 6) is -7.34. The molecule has 2 heterocycles. The predicted molar refractivity (Wildman–Crippen MR) is 112 cm³/mol. The molecule has 6 atom stereocenters. The molecule has 4 aliphatic rings. The number of carbonyl (C=O) groups is 4. The van der Waals surface area contributed by atoms with Crippen molar-refractivity contribution in [1.82, 2.24) is 10.1 Å². The number of benzene rings is 1. The standard InChI is InChI=1S/C21H19IN2O8/c1-32-13-5-7(4-12(22)17(13)25)14-8-2-3-9-15(20(28)23(30)18(9)26)10(8)6-11-16(14)21(29)24(31)19(11)27/h2,4-5,9-11,14-16,25,30-31H,3,6H2,1H3. The van der Waals surface area contributed by atoms with Crippen molar-refractivity contribution < 1.29 is 39.4 Å². The van der Waals surface area contributed by atoms with Crippen molar-refractivity contribution >= 4 is 46.2 Å². The topological polar surface area (TPSA) is 145 Å². The summed E-state index contributed by atoms with van der Waals surface area (Å²) in [7, 11) is 1.39. The maximum atomic E-state index is 12.9. The highest BCUT2D eigenvalue weighted by Gasteiger charge is 2.62. The molecule has 2 saturated heterocycles. The van der Waals surface area contributed by atoms with E-state index in [-0.39, 0.29) is 34.5 Å². The van der Waals surface area contributed by atoms with Crippen molar-refractivity contribution in [2.45, 2.75) is 18.8 Å². The summed E-state index contributed by atoms with van der Waals surface area (Å²) in [5, 5.41) is 30.6. The molecule has 0 bridgehead atoms. The molecule has 2 aliphatic carbocycles. The van der Waals surface area contributed by atoms with E-state index in [1.807, 2.05) is 22.6 Å². The van der Waals surface area contributed by atoms with Gasteiger partial charge in [0.2, 0.25) is 0 Å². The molecule has 11 heteroatoms. The van der Waals surface area contributed by atoms with Crippen molar-refractivity contribution in [2.75, 3.05) is 7.11 Å². The summed E-state index contributed by atoms with van der Waals surface area (Å²) < 4.78 is 5.73. The first-order valence-electron chi connectivity index (χ1n) is 10.1. The molecule has 168 valence electrons. The molecule has 3 fully saturated rings. The number of carbonyl (C=O) groups excluding carboxylic acids is 4. The third kappa shape index (κ3) is 2.70. The van der Waals surface area contributed by atoms with Gasteiger partial charge in [-0.15, -0.1) is 0 Å². The molecule has 32 heavy (non-hydrogen) atoms. The fraction of sp³-hybridized carbons (Fsp3) is 0.429. The van der Waals surface area contributed by atoms with Crippen molar-refractivity contribution in [3.05, 3.63) is 32.9 Å². The minimum absolute atomic E-state index is 0.0662. The minimum Gasteiger partial charge on any atom is -0.504 e. The van der Waals surface area contributed by atoms with Crippen LogP contribution in [0.1, 0.15) is 24.3 Å². The van der Waals surface area contributed by atoms with Crippen molar-refractivity contribution in [3.63, 3.8) is 0 Å². The number of nitrogens with zero attached hydrogens (tertiary/aromatic N) is 2. The van der Waals surface area contributed by atoms with E-state index in [4.69, 9.17) is 4.74 Å². The zero-order valence-corrected chi connectivity index (χ0v) is 18.9. The number of phenolic OH excluding ortho intramolecular Hbond substituents is 1. The molecule has 10 nitrogen and oxygen atoms in total. The summed E-state index contributed by atoms with van der Waals surface area (Å²) in [6.45, 7) is 0. The van der Waals surface area contributed by atoms with Gasteiger partial charge in [-0.05, 0) is 59.0 Å². The van der Waals surface area contributed by atoms with Crippen molar-refractivity contribution in [3.8, 4) is 11.5 Å². The summed E-state index contributed by atoms with van der Waals surface area (Å²) in [6.07, 6.45) is 2.12. The number of hydroxylamine groups is 4. The Hall–Kier alpha value is -2.51. The fourth-order valence-electron chi connectivity index (χ4n) is 5.86. The lowest BCUT2D eigenvalue weighted by atomic mass is 9.57. The summed E-state index contributed by atoms with van der Waals surface area (Å²) in [5.41, 5.74) is 1.30. The van der Waals surface area contributed by atoms with Crippen LogP contribution in [0.25, 0.3) is 0 Å². The molecule has 5 rings (SSSR count). The number of rotatable bonds is 2. The van der Waals surface area contributed by atoms with E-state index in [1.165, 1.54) is 7.11 Å². The zero-order valence-electron chi connectivity index (χ0n) is 16.8. The van der Waals surface area contributed by atoms with Crippen LogP contribution in [-0.2, 0) is 19.2 Å². The van der Waals surface area contributed by atoms with Crippen LogP contribution in [0.3, 0.4) is 0 Å². The molecule has 1 saturated carbocycles. The zero-order chi connectivity index (χ0) is 23.1. The van der Waals surface area contributed by atoms with Crippen LogP contribution < -0.4 is 4.74 Å². The van der Waals surface area contributed by atoms with Gasteiger partial charge in [0.1, 0.15) is 0 Å². The number of amides is 4. The van der Waals surface area contributed by atoms with Gasteiger partial charge in [0.15, 0.2) is 11.5 Å². The quantitative estimate of drug-likeness (QED) is 0.216. The number of hydrogen-bond donors (Lipinski definition) is 3. The smallest absolute Gasteiger partial charge is 0.258 e. The summed E-state index contributed by atoms with van der Waals surface area (Å²) in [6, 6.07) is 3.25. The highest BCUT2D eigenvalue weighted by molar-refractivity contribution is 14.1. The average Bonchev–Trinajstić information content (AvgIpc) is 3.14. The molecular formula is C21H19IN2O8. The van der Waals surface area contributed by atoms with Gasteiger partial charge < -0.3 is 9.84 Å². The van der Waals surface area contributed by atoms with Crippen LogP contribution in [-0.4, -0.2) is 56.4 Å². The molecule has 0 spiro atoms. The number of fused-ring (bicyclic) bond motifs is 4. The summed E-state index contributed by atoms with van der Waals surface area (Å²) >= 11 is 1.93. The average molecular weight is 554 g/mol. The molecule has 0 radical (unpaired) electrons. The summed E-state index contributed by atoms with van der Waals surface area (Å²) in [4.78, 5) is 50.7. The van der Waals surface area contributed by atoms with Gasteiger partial charge >= 0.3 is 0 Å². The van der Waals surface area contributed by atoms with Gasteiger partial charge in [-0.2, -0.15) is 10.1 Å². The Morgan fingerprint density at radius 2 is 1.56 bits per heavy atom. The first-order chi connectivity index (χ1) is 15.2. The number of imide groups is 2. The number of hydrogen-bond acceptors (Lipinski definition) is 8. The van der Waals surface area contributed by atoms with Crippen molar-refractivity contribution in [2.24, 2.45) is 29.6 Å². The van der Waals surface area contributed by atoms with E-state index in [0.29, 0.717) is 14.7 Å². The van der Waals surface area contributed by atoms with Crippen LogP contribution in [0, 0.1) is 33.2 Å². The Balaban J connectivity index is 1.69. The fourth-order valence-corrected chi connectivity index (χ4v) is 6.48. The van der Waals surface area contributed by atoms with Crippen LogP contribution in [0.4, 0.5) is 0 Å². The highest BCUT2D eigenvalue weighted by atomic mass is 127. The van der Waals surface area contributed by atoms with E-state index < -0.39 is 59.1 Å². The van der Waals surface area contributed by atoms with Crippen LogP contribution in [0.2, 0.25) is 0 Å².